The fourth-order valence-corrected chi connectivity index (χ4v) is 6.16. The number of carbonyl (C=O) groups excluding carboxylic acids is 4. The standard InChI is InChI=1S/C33H42FN5O5S/c1-18-26(45-17-36-18)20-11-9-19(10-12-20)21(15-23(41)31(2,3)4)37-28(42)25-24(34)22(40)16-39(25)29(43)27(32(5,6)7)38-30(44)33(35-8)13-14-33/h9-12,17,21-22,24-25,27,40H,13-16H2,1-7H3,(H,37,42)(H,38,44)/t21-,22-,24-,25-,27+/m0/s1. The molecule has 0 radical (unpaired) electrons. The van der Waals surface area contributed by atoms with Crippen LogP contribution in [0.25, 0.3) is 15.3 Å². The van der Waals surface area contributed by atoms with E-state index in [4.69, 9.17) is 6.57 Å². The molecule has 0 unspecified atom stereocenters. The van der Waals surface area contributed by atoms with Crippen LogP contribution < -0.4 is 10.6 Å². The van der Waals surface area contributed by atoms with Gasteiger partial charge < -0.3 is 20.6 Å². The molecular formula is C33H42FN5O5S. The van der Waals surface area contributed by atoms with Gasteiger partial charge in [0.05, 0.1) is 28.7 Å². The van der Waals surface area contributed by atoms with Gasteiger partial charge in [0.2, 0.25) is 11.8 Å². The van der Waals surface area contributed by atoms with E-state index in [9.17, 15) is 24.3 Å². The number of carbonyl (C=O) groups is 4. The Morgan fingerprint density at radius 3 is 2.24 bits per heavy atom. The number of amides is 3. The van der Waals surface area contributed by atoms with Crippen LogP contribution >= 0.6 is 11.3 Å². The molecule has 0 spiro atoms. The van der Waals surface area contributed by atoms with Gasteiger partial charge in [0.15, 0.2) is 6.17 Å². The molecular weight excluding hydrogens is 597 g/mol. The first-order valence-corrected chi connectivity index (χ1v) is 15.9. The zero-order valence-electron chi connectivity index (χ0n) is 26.8. The van der Waals surface area contributed by atoms with Crippen LogP contribution in [0.3, 0.4) is 0 Å². The van der Waals surface area contributed by atoms with Crippen molar-refractivity contribution in [1.82, 2.24) is 20.5 Å². The monoisotopic (exact) mass is 639 g/mol. The number of β-amino-alcohol motifs (C(OH)–C–C–N with tert-alkyl or cyclic N) is 1. The molecule has 2 aromatic rings. The van der Waals surface area contributed by atoms with Crippen LogP contribution in [-0.2, 0) is 19.2 Å². The summed E-state index contributed by atoms with van der Waals surface area (Å²) in [6, 6.07) is 3.62. The number of alkyl halides is 1. The maximum absolute atomic E-state index is 15.6. The quantitative estimate of drug-likeness (QED) is 0.353. The van der Waals surface area contributed by atoms with E-state index in [0.29, 0.717) is 18.4 Å². The minimum absolute atomic E-state index is 0.0757. The van der Waals surface area contributed by atoms with E-state index in [2.05, 4.69) is 20.5 Å². The third kappa shape index (κ3) is 7.25. The molecule has 3 amide bonds. The summed E-state index contributed by atoms with van der Waals surface area (Å²) in [6.45, 7) is 19.3. The van der Waals surface area contributed by atoms with E-state index in [1.165, 1.54) is 11.3 Å². The molecule has 2 aliphatic rings. The zero-order valence-corrected chi connectivity index (χ0v) is 27.6. The van der Waals surface area contributed by atoms with E-state index in [-0.39, 0.29) is 12.2 Å². The van der Waals surface area contributed by atoms with Gasteiger partial charge in [0, 0.05) is 24.7 Å². The number of aryl methyl sites for hydroxylation is 1. The maximum atomic E-state index is 15.6. The van der Waals surface area contributed by atoms with Gasteiger partial charge in [-0.2, -0.15) is 0 Å². The average Bonchev–Trinajstić information content (AvgIpc) is 3.56. The number of hydrogen-bond acceptors (Lipinski definition) is 7. The van der Waals surface area contributed by atoms with Gasteiger partial charge in [-0.3, -0.25) is 24.0 Å². The minimum atomic E-state index is -2.10. The predicted octanol–water partition coefficient (Wildman–Crippen LogP) is 4.17. The number of thiazole rings is 1. The van der Waals surface area contributed by atoms with Crippen molar-refractivity contribution in [3.63, 3.8) is 0 Å². The summed E-state index contributed by atoms with van der Waals surface area (Å²) in [6.07, 6.45) is -3.04. The second kappa shape index (κ2) is 12.6. The van der Waals surface area contributed by atoms with Gasteiger partial charge in [-0.05, 0) is 23.5 Å². The van der Waals surface area contributed by atoms with Gasteiger partial charge in [-0.25, -0.2) is 15.9 Å². The lowest BCUT2D eigenvalue weighted by molar-refractivity contribution is -0.145. The van der Waals surface area contributed by atoms with Gasteiger partial charge >= 0.3 is 11.4 Å². The van der Waals surface area contributed by atoms with Crippen molar-refractivity contribution in [3.05, 3.63) is 52.5 Å². The number of ketones is 1. The van der Waals surface area contributed by atoms with Crippen molar-refractivity contribution >= 4 is 34.8 Å². The Morgan fingerprint density at radius 1 is 1.13 bits per heavy atom. The number of nitrogens with one attached hydrogen (secondary N) is 2. The highest BCUT2D eigenvalue weighted by atomic mass is 32.1. The van der Waals surface area contributed by atoms with Crippen LogP contribution in [0.1, 0.15) is 78.1 Å². The maximum Gasteiger partial charge on any atom is 0.309 e. The first-order chi connectivity index (χ1) is 20.9. The molecule has 4 rings (SSSR count). The number of benzene rings is 1. The van der Waals surface area contributed by atoms with Gasteiger partial charge in [0.1, 0.15) is 24.0 Å². The molecule has 5 atom stereocenters. The fourth-order valence-electron chi connectivity index (χ4n) is 5.35. The molecule has 45 heavy (non-hydrogen) atoms. The largest absolute Gasteiger partial charge is 0.388 e. The first kappa shape index (κ1) is 34.2. The number of hydrogen-bond donors (Lipinski definition) is 3. The molecule has 1 saturated heterocycles. The zero-order chi connectivity index (χ0) is 33.5. The normalized spacial score (nSPS) is 22.2. The summed E-state index contributed by atoms with van der Waals surface area (Å²) in [5.41, 5.74) is 1.40. The Hall–Kier alpha value is -3.69. The number of likely N-dealkylation sites (tertiary alicyclic amines) is 1. The van der Waals surface area contributed by atoms with Crippen LogP contribution in [0.4, 0.5) is 4.39 Å². The lowest BCUT2D eigenvalue weighted by Gasteiger charge is -2.35. The SMILES string of the molecule is [C-]#[N+]C1(C(=O)N[C@H](C(=O)N2C[C@H](O)[C@H](F)[C@H]2C(=O)N[C@@H](CC(=O)C(C)(C)C)c2ccc(-c3scnc3C)cc2)C(C)(C)C)CC1. The molecule has 1 aromatic carbocycles. The Labute approximate surface area is 267 Å². The second-order valence-electron chi connectivity index (χ2n) is 14.2. The van der Waals surface area contributed by atoms with Crippen LogP contribution in [0.15, 0.2) is 29.8 Å². The molecule has 1 aliphatic heterocycles. The molecule has 1 aromatic heterocycles. The van der Waals surface area contributed by atoms with Gasteiger partial charge in [-0.1, -0.05) is 65.8 Å². The van der Waals surface area contributed by atoms with E-state index in [1.807, 2.05) is 19.1 Å². The number of rotatable bonds is 9. The molecule has 242 valence electrons. The Balaban J connectivity index is 1.62. The molecule has 10 nitrogen and oxygen atoms in total. The van der Waals surface area contributed by atoms with E-state index >= 15 is 4.39 Å². The highest BCUT2D eigenvalue weighted by molar-refractivity contribution is 7.13. The number of nitrogens with zero attached hydrogens (tertiary/aromatic N) is 3. The fraction of sp³-hybridized carbons (Fsp3) is 0.576. The summed E-state index contributed by atoms with van der Waals surface area (Å²) >= 11 is 1.50. The topological polar surface area (TPSA) is 133 Å². The molecule has 12 heteroatoms. The summed E-state index contributed by atoms with van der Waals surface area (Å²) in [5, 5.41) is 16.0. The second-order valence-corrected chi connectivity index (χ2v) is 15.0. The van der Waals surface area contributed by atoms with E-state index in [1.54, 1.807) is 59.2 Å². The number of Topliss-reactive ketones (excluding diaryl/α,β-unsaturated/α-hetero) is 1. The Morgan fingerprint density at radius 2 is 1.76 bits per heavy atom. The predicted molar refractivity (Wildman–Crippen MR) is 169 cm³/mol. The Bertz CT molecular complexity index is 1500. The van der Waals surface area contributed by atoms with Crippen LogP contribution in [0.2, 0.25) is 0 Å². The summed E-state index contributed by atoms with van der Waals surface area (Å²) in [7, 11) is 0. The number of aromatic nitrogens is 1. The minimum Gasteiger partial charge on any atom is -0.388 e. The van der Waals surface area contributed by atoms with E-state index < -0.39 is 71.0 Å². The van der Waals surface area contributed by atoms with Gasteiger partial charge in [0.25, 0.3) is 0 Å². The van der Waals surface area contributed by atoms with Crippen LogP contribution in [0.5, 0.6) is 0 Å². The molecule has 3 N–H and O–H groups in total. The van der Waals surface area contributed by atoms with Crippen LogP contribution in [0, 0.1) is 24.3 Å². The molecule has 1 saturated carbocycles. The van der Waals surface area contributed by atoms with E-state index in [0.717, 1.165) is 21.0 Å². The summed E-state index contributed by atoms with van der Waals surface area (Å²) < 4.78 is 15.6. The highest BCUT2D eigenvalue weighted by Gasteiger charge is 2.60. The number of halogens is 1. The lowest BCUT2D eigenvalue weighted by atomic mass is 9.85. The summed E-state index contributed by atoms with van der Waals surface area (Å²) in [5.74, 6) is -2.31. The van der Waals surface area contributed by atoms with Crippen molar-refractivity contribution in [1.29, 1.82) is 0 Å². The van der Waals surface area contributed by atoms with Crippen molar-refractivity contribution in [2.45, 2.75) is 104 Å². The number of aliphatic hydroxyl groups is 1. The third-order valence-corrected chi connectivity index (χ3v) is 9.53. The highest BCUT2D eigenvalue weighted by Crippen LogP contribution is 2.41. The first-order valence-electron chi connectivity index (χ1n) is 15.1. The summed E-state index contributed by atoms with van der Waals surface area (Å²) in [4.78, 5) is 63.6. The van der Waals surface area contributed by atoms with Gasteiger partial charge in [-0.15, -0.1) is 11.3 Å². The van der Waals surface area contributed by atoms with Crippen molar-refractivity contribution < 1.29 is 28.7 Å². The van der Waals surface area contributed by atoms with Crippen LogP contribution in [-0.4, -0.2) is 74.9 Å². The van der Waals surface area contributed by atoms with Crippen molar-refractivity contribution in [2.75, 3.05) is 6.54 Å². The molecule has 2 heterocycles. The number of aliphatic hydroxyl groups excluding tert-OH is 1. The third-order valence-electron chi connectivity index (χ3n) is 8.55. The lowest BCUT2D eigenvalue weighted by Crippen LogP contribution is -2.60. The smallest absolute Gasteiger partial charge is 0.309 e. The molecule has 1 aliphatic carbocycles. The molecule has 2 fully saturated rings. The average molecular weight is 640 g/mol. The Kier molecular flexibility index (Phi) is 9.57. The van der Waals surface area contributed by atoms with Crippen molar-refractivity contribution in [2.24, 2.45) is 10.8 Å². The molecule has 0 bridgehead atoms. The van der Waals surface area contributed by atoms with Crippen molar-refractivity contribution in [3.8, 4) is 10.4 Å².